The van der Waals surface area contributed by atoms with Gasteiger partial charge in [0.2, 0.25) is 0 Å². The van der Waals surface area contributed by atoms with Crippen LogP contribution in [-0.2, 0) is 0 Å². The van der Waals surface area contributed by atoms with Gasteiger partial charge in [0, 0.05) is 18.0 Å². The van der Waals surface area contributed by atoms with Gasteiger partial charge in [-0.3, -0.25) is 9.78 Å². The minimum atomic E-state index is 0.0755. The molecular formula is C12H13NO. The third-order valence-electron chi connectivity index (χ3n) is 2.63. The average molecular weight is 187 g/mol. The van der Waals surface area contributed by atoms with Gasteiger partial charge >= 0.3 is 0 Å². The summed E-state index contributed by atoms with van der Waals surface area (Å²) in [5.41, 5.74) is 0.713. The maximum absolute atomic E-state index is 11.6. The van der Waals surface area contributed by atoms with Crippen LogP contribution < -0.4 is 0 Å². The van der Waals surface area contributed by atoms with Gasteiger partial charge < -0.3 is 0 Å². The second-order valence-electron chi connectivity index (χ2n) is 3.84. The van der Waals surface area contributed by atoms with Crippen molar-refractivity contribution in [3.8, 4) is 0 Å². The van der Waals surface area contributed by atoms with E-state index in [-0.39, 0.29) is 5.78 Å². The Labute approximate surface area is 83.7 Å². The lowest BCUT2D eigenvalue weighted by Gasteiger charge is -1.92. The molecule has 1 aromatic heterocycles. The van der Waals surface area contributed by atoms with E-state index in [4.69, 9.17) is 0 Å². The van der Waals surface area contributed by atoms with E-state index in [1.807, 2.05) is 6.08 Å². The third-order valence-corrected chi connectivity index (χ3v) is 2.63. The van der Waals surface area contributed by atoms with Crippen molar-refractivity contribution < 1.29 is 4.79 Å². The Hall–Kier alpha value is -1.44. The van der Waals surface area contributed by atoms with Crippen LogP contribution in [0.2, 0.25) is 0 Å². The predicted octanol–water partition coefficient (Wildman–Crippen LogP) is 2.48. The minimum Gasteiger partial charge on any atom is -0.289 e. The molecule has 2 nitrogen and oxygen atoms in total. The van der Waals surface area contributed by atoms with E-state index >= 15 is 0 Å². The summed E-state index contributed by atoms with van der Waals surface area (Å²) < 4.78 is 0. The molecule has 2 heteroatoms. The van der Waals surface area contributed by atoms with Crippen LogP contribution in [0.4, 0.5) is 0 Å². The molecule has 72 valence electrons. The first-order valence-corrected chi connectivity index (χ1v) is 4.90. The highest BCUT2D eigenvalue weighted by atomic mass is 16.1. The molecule has 0 amide bonds. The molecule has 2 unspecified atom stereocenters. The average Bonchev–Trinajstić information content (AvgIpc) is 2.92. The highest BCUT2D eigenvalue weighted by molar-refractivity contribution is 6.04. The van der Waals surface area contributed by atoms with Crippen molar-refractivity contribution in [3.63, 3.8) is 0 Å². The number of rotatable bonds is 3. The molecule has 1 aliphatic rings. The summed E-state index contributed by atoms with van der Waals surface area (Å²) in [6.45, 7) is 2.20. The molecule has 0 spiro atoms. The second-order valence-corrected chi connectivity index (χ2v) is 3.84. The zero-order chi connectivity index (χ0) is 9.97. The molecule has 1 aromatic rings. The molecule has 0 N–H and O–H groups in total. The quantitative estimate of drug-likeness (QED) is 0.537. The van der Waals surface area contributed by atoms with Crippen molar-refractivity contribution in [2.24, 2.45) is 11.8 Å². The van der Waals surface area contributed by atoms with Gasteiger partial charge in [-0.15, -0.1) is 0 Å². The van der Waals surface area contributed by atoms with Crippen molar-refractivity contribution in [2.75, 3.05) is 0 Å². The third kappa shape index (κ3) is 2.08. The van der Waals surface area contributed by atoms with E-state index in [9.17, 15) is 4.79 Å². The van der Waals surface area contributed by atoms with E-state index in [0.717, 1.165) is 5.92 Å². The number of hydrogen-bond acceptors (Lipinski definition) is 2. The standard InChI is InChI=1S/C12H13NO/c1-9-8-11(9)2-3-12(14)10-4-6-13-7-5-10/h2-7,9,11H,8H2,1H3/b3-2+. The number of ketones is 1. The summed E-state index contributed by atoms with van der Waals surface area (Å²) in [6, 6.07) is 3.48. The van der Waals surface area contributed by atoms with E-state index in [1.165, 1.54) is 6.42 Å². The molecule has 14 heavy (non-hydrogen) atoms. The molecule has 1 fully saturated rings. The van der Waals surface area contributed by atoms with Crippen molar-refractivity contribution >= 4 is 5.78 Å². The lowest BCUT2D eigenvalue weighted by atomic mass is 10.1. The van der Waals surface area contributed by atoms with Gasteiger partial charge in [-0.05, 0) is 36.5 Å². The van der Waals surface area contributed by atoms with E-state index < -0.39 is 0 Å². The van der Waals surface area contributed by atoms with Gasteiger partial charge in [-0.1, -0.05) is 13.0 Å². The number of carbonyl (C=O) groups is 1. The van der Waals surface area contributed by atoms with Crippen LogP contribution in [0.15, 0.2) is 36.7 Å². The molecule has 1 heterocycles. The maximum atomic E-state index is 11.6. The van der Waals surface area contributed by atoms with Crippen LogP contribution in [0, 0.1) is 11.8 Å². The molecule has 0 aromatic carbocycles. The normalized spacial score (nSPS) is 25.2. The number of hydrogen-bond donors (Lipinski definition) is 0. The van der Waals surface area contributed by atoms with Gasteiger partial charge in [0.15, 0.2) is 5.78 Å². The number of allylic oxidation sites excluding steroid dienone is 2. The first-order chi connectivity index (χ1) is 6.77. The fraction of sp³-hybridized carbons (Fsp3) is 0.333. The lowest BCUT2D eigenvalue weighted by Crippen LogP contribution is -1.93. The van der Waals surface area contributed by atoms with Gasteiger partial charge in [0.1, 0.15) is 0 Å². The van der Waals surface area contributed by atoms with Crippen LogP contribution >= 0.6 is 0 Å². The smallest absolute Gasteiger partial charge is 0.185 e. The largest absolute Gasteiger partial charge is 0.289 e. The fourth-order valence-electron chi connectivity index (χ4n) is 1.44. The summed E-state index contributed by atoms with van der Waals surface area (Å²) in [6.07, 6.45) is 8.21. The van der Waals surface area contributed by atoms with E-state index in [1.54, 1.807) is 30.6 Å². The Morgan fingerprint density at radius 3 is 2.71 bits per heavy atom. The molecule has 0 saturated heterocycles. The Bertz CT molecular complexity index is 356. The Balaban J connectivity index is 1.99. The topological polar surface area (TPSA) is 30.0 Å². The minimum absolute atomic E-state index is 0.0755. The number of nitrogens with zero attached hydrogens (tertiary/aromatic N) is 1. The first kappa shape index (κ1) is 9.13. The molecular weight excluding hydrogens is 174 g/mol. The summed E-state index contributed by atoms with van der Waals surface area (Å²) in [5, 5.41) is 0. The van der Waals surface area contributed by atoms with Crippen molar-refractivity contribution in [1.29, 1.82) is 0 Å². The van der Waals surface area contributed by atoms with Crippen LogP contribution in [-0.4, -0.2) is 10.8 Å². The van der Waals surface area contributed by atoms with Gasteiger partial charge in [0.05, 0.1) is 0 Å². The molecule has 1 aliphatic carbocycles. The molecule has 2 rings (SSSR count). The monoisotopic (exact) mass is 187 g/mol. The van der Waals surface area contributed by atoms with Gasteiger partial charge in [-0.2, -0.15) is 0 Å². The Kier molecular flexibility index (Phi) is 2.44. The molecule has 2 atom stereocenters. The van der Waals surface area contributed by atoms with E-state index in [0.29, 0.717) is 11.5 Å². The number of aromatic nitrogens is 1. The Morgan fingerprint density at radius 1 is 1.50 bits per heavy atom. The Morgan fingerprint density at radius 2 is 2.14 bits per heavy atom. The molecule has 0 bridgehead atoms. The second kappa shape index (κ2) is 3.74. The van der Waals surface area contributed by atoms with Crippen LogP contribution in [0.3, 0.4) is 0 Å². The number of pyridine rings is 1. The number of carbonyl (C=O) groups excluding carboxylic acids is 1. The zero-order valence-electron chi connectivity index (χ0n) is 8.18. The zero-order valence-corrected chi connectivity index (χ0v) is 8.18. The van der Waals surface area contributed by atoms with Gasteiger partial charge in [-0.25, -0.2) is 0 Å². The summed E-state index contributed by atoms with van der Waals surface area (Å²) >= 11 is 0. The van der Waals surface area contributed by atoms with Crippen LogP contribution in [0.5, 0.6) is 0 Å². The highest BCUT2D eigenvalue weighted by Crippen LogP contribution is 2.38. The maximum Gasteiger partial charge on any atom is 0.185 e. The predicted molar refractivity (Wildman–Crippen MR) is 55.0 cm³/mol. The summed E-state index contributed by atoms with van der Waals surface area (Å²) in [5.74, 6) is 1.46. The molecule has 0 aliphatic heterocycles. The van der Waals surface area contributed by atoms with Crippen LogP contribution in [0.1, 0.15) is 23.7 Å². The summed E-state index contributed by atoms with van der Waals surface area (Å²) in [7, 11) is 0. The van der Waals surface area contributed by atoms with Gasteiger partial charge in [0.25, 0.3) is 0 Å². The van der Waals surface area contributed by atoms with E-state index in [2.05, 4.69) is 11.9 Å². The summed E-state index contributed by atoms with van der Waals surface area (Å²) in [4.78, 5) is 15.4. The SMILES string of the molecule is CC1CC1/C=C/C(=O)c1ccncc1. The fourth-order valence-corrected chi connectivity index (χ4v) is 1.44. The molecule has 1 saturated carbocycles. The van der Waals surface area contributed by atoms with Crippen molar-refractivity contribution in [1.82, 2.24) is 4.98 Å². The van der Waals surface area contributed by atoms with Crippen molar-refractivity contribution in [2.45, 2.75) is 13.3 Å². The van der Waals surface area contributed by atoms with Crippen molar-refractivity contribution in [3.05, 3.63) is 42.2 Å². The first-order valence-electron chi connectivity index (χ1n) is 4.90. The lowest BCUT2D eigenvalue weighted by molar-refractivity contribution is 0.104. The highest BCUT2D eigenvalue weighted by Gasteiger charge is 2.29. The van der Waals surface area contributed by atoms with Crippen LogP contribution in [0.25, 0.3) is 0 Å². The molecule has 0 radical (unpaired) electrons.